The van der Waals surface area contributed by atoms with E-state index in [9.17, 15) is 9.59 Å². The number of benzene rings is 1. The number of hydrogen-bond donors (Lipinski definition) is 2. The number of nitrogens with zero attached hydrogens (tertiary/aromatic N) is 1. The smallest absolute Gasteiger partial charge is 0.296 e. The molecule has 0 aliphatic rings. The zero-order valence-electron chi connectivity index (χ0n) is 11.4. The molecule has 2 heterocycles. The highest BCUT2D eigenvalue weighted by molar-refractivity contribution is 6.48. The molecule has 0 fully saturated rings. The van der Waals surface area contributed by atoms with Crippen molar-refractivity contribution in [2.75, 3.05) is 5.32 Å². The molecule has 5 heteroatoms. The minimum absolute atomic E-state index is 0.384. The highest BCUT2D eigenvalue weighted by Gasteiger charge is 2.20. The van der Waals surface area contributed by atoms with Crippen molar-refractivity contribution in [1.82, 2.24) is 9.97 Å². The number of Topliss-reactive ketones (excluding diaryl/α,β-unsaturated/α-hetero) is 1. The first-order chi connectivity index (χ1) is 10.2. The fourth-order valence-electron chi connectivity index (χ4n) is 2.29. The summed E-state index contributed by atoms with van der Waals surface area (Å²) in [5.74, 6) is -1.22. The predicted molar refractivity (Wildman–Crippen MR) is 80.2 cm³/mol. The van der Waals surface area contributed by atoms with Gasteiger partial charge >= 0.3 is 0 Å². The van der Waals surface area contributed by atoms with Crippen LogP contribution in [0.3, 0.4) is 0 Å². The van der Waals surface area contributed by atoms with E-state index in [1.54, 1.807) is 30.7 Å². The lowest BCUT2D eigenvalue weighted by molar-refractivity contribution is -0.112. The average Bonchev–Trinajstić information content (AvgIpc) is 2.93. The molecule has 21 heavy (non-hydrogen) atoms. The topological polar surface area (TPSA) is 74.8 Å². The second-order valence-corrected chi connectivity index (χ2v) is 4.72. The van der Waals surface area contributed by atoms with Gasteiger partial charge in [-0.25, -0.2) is 0 Å². The van der Waals surface area contributed by atoms with E-state index in [1.165, 1.54) is 0 Å². The molecule has 1 aromatic carbocycles. The molecule has 104 valence electrons. The van der Waals surface area contributed by atoms with Gasteiger partial charge in [-0.05, 0) is 30.7 Å². The van der Waals surface area contributed by atoms with E-state index >= 15 is 0 Å². The number of ketones is 1. The second kappa shape index (κ2) is 5.20. The lowest BCUT2D eigenvalue weighted by Gasteiger charge is -2.04. The number of carbonyl (C=O) groups excluding carboxylic acids is 2. The lowest BCUT2D eigenvalue weighted by atomic mass is 10.0. The summed E-state index contributed by atoms with van der Waals surface area (Å²) in [4.78, 5) is 31.3. The summed E-state index contributed by atoms with van der Waals surface area (Å²) in [6.07, 6.45) is 4.68. The van der Waals surface area contributed by atoms with Gasteiger partial charge in [0.1, 0.15) is 0 Å². The zero-order valence-corrected chi connectivity index (χ0v) is 11.4. The number of aromatic amines is 1. The third kappa shape index (κ3) is 2.41. The number of nitrogens with one attached hydrogen (secondary N) is 2. The molecule has 0 unspecified atom stereocenters. The van der Waals surface area contributed by atoms with Gasteiger partial charge in [-0.1, -0.05) is 12.1 Å². The Balaban J connectivity index is 1.92. The van der Waals surface area contributed by atoms with Crippen LogP contribution in [0.2, 0.25) is 0 Å². The van der Waals surface area contributed by atoms with Crippen molar-refractivity contribution in [2.45, 2.75) is 6.92 Å². The van der Waals surface area contributed by atoms with E-state index < -0.39 is 11.7 Å². The summed E-state index contributed by atoms with van der Waals surface area (Å²) in [5, 5.41) is 3.36. The molecule has 0 aliphatic carbocycles. The maximum absolute atomic E-state index is 12.3. The first-order valence-electron chi connectivity index (χ1n) is 6.49. The summed E-state index contributed by atoms with van der Waals surface area (Å²) >= 11 is 0. The number of amides is 1. The Kier molecular flexibility index (Phi) is 3.23. The number of rotatable bonds is 3. The summed E-state index contributed by atoms with van der Waals surface area (Å²) in [6, 6.07) is 8.95. The number of aromatic nitrogens is 2. The van der Waals surface area contributed by atoms with Crippen LogP contribution in [-0.2, 0) is 4.79 Å². The maximum atomic E-state index is 12.3. The fourth-order valence-corrected chi connectivity index (χ4v) is 2.29. The number of H-pyrrole nitrogens is 1. The molecular formula is C16H13N3O2. The summed E-state index contributed by atoms with van der Waals surface area (Å²) < 4.78 is 0. The molecule has 0 spiro atoms. The van der Waals surface area contributed by atoms with Crippen molar-refractivity contribution < 1.29 is 9.59 Å². The van der Waals surface area contributed by atoms with Crippen LogP contribution in [0.5, 0.6) is 0 Å². The molecular weight excluding hydrogens is 266 g/mol. The fraction of sp³-hybridized carbons (Fsp3) is 0.0625. The number of aryl methyl sites for hydroxylation is 1. The molecule has 0 aliphatic heterocycles. The Morgan fingerprint density at radius 3 is 2.67 bits per heavy atom. The minimum atomic E-state index is -0.662. The number of fused-ring (bicyclic) bond motifs is 1. The van der Waals surface area contributed by atoms with E-state index in [2.05, 4.69) is 15.3 Å². The molecule has 2 aromatic heterocycles. The normalized spacial score (nSPS) is 10.5. The van der Waals surface area contributed by atoms with Crippen LogP contribution < -0.4 is 5.32 Å². The van der Waals surface area contributed by atoms with E-state index in [0.717, 1.165) is 16.5 Å². The van der Waals surface area contributed by atoms with Gasteiger partial charge in [-0.2, -0.15) is 0 Å². The van der Waals surface area contributed by atoms with Gasteiger partial charge in [0.2, 0.25) is 0 Å². The standard InChI is InChI=1S/C16H13N3O2/c1-10-3-2-4-13-14(10)12(9-18-13)15(20)16(21)19-11-5-7-17-8-6-11/h2-9,18H,1H3,(H,17,19,21). The van der Waals surface area contributed by atoms with E-state index in [0.29, 0.717) is 11.3 Å². The Bertz CT molecular complexity index is 822. The van der Waals surface area contributed by atoms with Gasteiger partial charge in [-0.3, -0.25) is 14.6 Å². The molecule has 0 saturated carbocycles. The SMILES string of the molecule is Cc1cccc2[nH]cc(C(=O)C(=O)Nc3ccncc3)c12. The summed E-state index contributed by atoms with van der Waals surface area (Å²) in [6.45, 7) is 1.91. The van der Waals surface area contributed by atoms with Crippen molar-refractivity contribution in [3.05, 3.63) is 60.0 Å². The highest BCUT2D eigenvalue weighted by atomic mass is 16.2. The average molecular weight is 279 g/mol. The van der Waals surface area contributed by atoms with Gasteiger partial charge in [0.25, 0.3) is 11.7 Å². The van der Waals surface area contributed by atoms with Gasteiger partial charge in [0.05, 0.1) is 5.56 Å². The Morgan fingerprint density at radius 1 is 1.14 bits per heavy atom. The highest BCUT2D eigenvalue weighted by Crippen LogP contribution is 2.22. The maximum Gasteiger partial charge on any atom is 0.296 e. The molecule has 0 atom stereocenters. The van der Waals surface area contributed by atoms with Gasteiger partial charge in [-0.15, -0.1) is 0 Å². The number of pyridine rings is 1. The van der Waals surface area contributed by atoms with Crippen molar-refractivity contribution in [2.24, 2.45) is 0 Å². The van der Waals surface area contributed by atoms with Crippen LogP contribution in [0.25, 0.3) is 10.9 Å². The molecule has 3 rings (SSSR count). The monoisotopic (exact) mass is 279 g/mol. The van der Waals surface area contributed by atoms with Crippen molar-refractivity contribution in [3.8, 4) is 0 Å². The number of carbonyl (C=O) groups is 2. The second-order valence-electron chi connectivity index (χ2n) is 4.72. The third-order valence-electron chi connectivity index (χ3n) is 3.30. The Morgan fingerprint density at radius 2 is 1.90 bits per heavy atom. The minimum Gasteiger partial charge on any atom is -0.360 e. The molecule has 0 bridgehead atoms. The van der Waals surface area contributed by atoms with Crippen molar-refractivity contribution >= 4 is 28.3 Å². The zero-order chi connectivity index (χ0) is 14.8. The summed E-state index contributed by atoms with van der Waals surface area (Å²) in [7, 11) is 0. The number of hydrogen-bond acceptors (Lipinski definition) is 3. The van der Waals surface area contributed by atoms with Crippen LogP contribution >= 0.6 is 0 Å². The van der Waals surface area contributed by atoms with E-state index in [-0.39, 0.29) is 0 Å². The molecule has 3 aromatic rings. The molecule has 1 amide bonds. The largest absolute Gasteiger partial charge is 0.360 e. The molecule has 2 N–H and O–H groups in total. The first-order valence-corrected chi connectivity index (χ1v) is 6.49. The number of anilines is 1. The molecule has 5 nitrogen and oxygen atoms in total. The van der Waals surface area contributed by atoms with Crippen LogP contribution in [0.4, 0.5) is 5.69 Å². The summed E-state index contributed by atoms with van der Waals surface area (Å²) in [5.41, 5.74) is 2.72. The Hall–Kier alpha value is -2.95. The predicted octanol–water partition coefficient (Wildman–Crippen LogP) is 2.69. The van der Waals surface area contributed by atoms with Gasteiger partial charge < -0.3 is 10.3 Å². The third-order valence-corrected chi connectivity index (χ3v) is 3.30. The molecule has 0 radical (unpaired) electrons. The van der Waals surface area contributed by atoms with Crippen LogP contribution in [0, 0.1) is 6.92 Å². The van der Waals surface area contributed by atoms with Crippen molar-refractivity contribution in [3.63, 3.8) is 0 Å². The first kappa shape index (κ1) is 13.1. The van der Waals surface area contributed by atoms with E-state index in [1.807, 2.05) is 25.1 Å². The molecule has 0 saturated heterocycles. The van der Waals surface area contributed by atoms with E-state index in [4.69, 9.17) is 0 Å². The quantitative estimate of drug-likeness (QED) is 0.571. The van der Waals surface area contributed by atoms with Gasteiger partial charge in [0.15, 0.2) is 0 Å². The van der Waals surface area contributed by atoms with Crippen molar-refractivity contribution in [1.29, 1.82) is 0 Å². The van der Waals surface area contributed by atoms with Crippen LogP contribution in [0.15, 0.2) is 48.9 Å². The lowest BCUT2D eigenvalue weighted by Crippen LogP contribution is -2.22. The Labute approximate surface area is 121 Å². The van der Waals surface area contributed by atoms with Gasteiger partial charge in [0, 0.05) is 35.2 Å². The van der Waals surface area contributed by atoms with Crippen LogP contribution in [0.1, 0.15) is 15.9 Å². The van der Waals surface area contributed by atoms with Crippen LogP contribution in [-0.4, -0.2) is 21.7 Å².